The van der Waals surface area contributed by atoms with E-state index in [0.29, 0.717) is 17.4 Å². The summed E-state index contributed by atoms with van der Waals surface area (Å²) in [6.07, 6.45) is 0.673. The zero-order valence-corrected chi connectivity index (χ0v) is 9.21. The lowest BCUT2D eigenvalue weighted by Crippen LogP contribution is -1.91. The van der Waals surface area contributed by atoms with Gasteiger partial charge in [0.2, 0.25) is 0 Å². The number of hydrogen-bond donors (Lipinski definition) is 0. The van der Waals surface area contributed by atoms with Gasteiger partial charge in [0.25, 0.3) is 0 Å². The molecule has 1 nitrogen and oxygen atoms in total. The molecule has 0 fully saturated rings. The summed E-state index contributed by atoms with van der Waals surface area (Å²) in [4.78, 5) is 10.6. The lowest BCUT2D eigenvalue weighted by Gasteiger charge is -2.06. The molecule has 2 aromatic rings. The van der Waals surface area contributed by atoms with Crippen LogP contribution in [-0.2, 0) is 0 Å². The van der Waals surface area contributed by atoms with E-state index in [4.69, 9.17) is 0 Å². The highest BCUT2D eigenvalue weighted by molar-refractivity contribution is 5.79. The fourth-order valence-corrected chi connectivity index (χ4v) is 1.65. The summed E-state index contributed by atoms with van der Waals surface area (Å²) in [6.45, 7) is 1.50. The predicted octanol–water partition coefficient (Wildman–Crippen LogP) is 3.75. The first kappa shape index (κ1) is 11.5. The Bertz CT molecular complexity index is 576. The van der Waals surface area contributed by atoms with Crippen molar-refractivity contribution in [3.8, 4) is 11.1 Å². The van der Waals surface area contributed by atoms with Gasteiger partial charge in [-0.15, -0.1) is 0 Å². The third-order valence-corrected chi connectivity index (χ3v) is 2.58. The van der Waals surface area contributed by atoms with Gasteiger partial charge in [-0.1, -0.05) is 18.2 Å². The van der Waals surface area contributed by atoms with E-state index in [1.165, 1.54) is 13.0 Å². The highest BCUT2D eigenvalue weighted by Gasteiger charge is 2.09. The largest absolute Gasteiger partial charge is 0.298 e. The van der Waals surface area contributed by atoms with Crippen molar-refractivity contribution in [2.24, 2.45) is 0 Å². The van der Waals surface area contributed by atoms with Gasteiger partial charge in [0, 0.05) is 11.1 Å². The van der Waals surface area contributed by atoms with E-state index in [0.717, 1.165) is 12.1 Å². The minimum absolute atomic E-state index is 0.164. The molecule has 2 aromatic carbocycles. The van der Waals surface area contributed by atoms with E-state index in [9.17, 15) is 13.6 Å². The number of carbonyl (C=O) groups excluding carboxylic acids is 1. The highest BCUT2D eigenvalue weighted by Crippen LogP contribution is 2.25. The van der Waals surface area contributed by atoms with Crippen molar-refractivity contribution in [3.05, 3.63) is 59.2 Å². The van der Waals surface area contributed by atoms with Crippen molar-refractivity contribution in [2.75, 3.05) is 0 Å². The Labute approximate surface area is 97.7 Å². The van der Waals surface area contributed by atoms with Gasteiger partial charge in [0.1, 0.15) is 17.9 Å². The maximum atomic E-state index is 13.7. The lowest BCUT2D eigenvalue weighted by atomic mass is 10.0. The second kappa shape index (κ2) is 4.45. The Morgan fingerprint density at radius 3 is 2.53 bits per heavy atom. The molecule has 0 heterocycles. The number of rotatable bonds is 2. The van der Waals surface area contributed by atoms with E-state index in [1.807, 2.05) is 0 Å². The van der Waals surface area contributed by atoms with Crippen molar-refractivity contribution >= 4 is 6.29 Å². The van der Waals surface area contributed by atoms with Gasteiger partial charge in [-0.2, -0.15) is 0 Å². The highest BCUT2D eigenvalue weighted by atomic mass is 19.1. The zero-order chi connectivity index (χ0) is 12.4. The molecule has 0 bridgehead atoms. The molecule has 0 aliphatic carbocycles. The van der Waals surface area contributed by atoms with E-state index in [1.54, 1.807) is 18.2 Å². The topological polar surface area (TPSA) is 17.1 Å². The molecule has 0 aromatic heterocycles. The second-order valence-corrected chi connectivity index (χ2v) is 3.82. The van der Waals surface area contributed by atoms with Crippen LogP contribution < -0.4 is 0 Å². The summed E-state index contributed by atoms with van der Waals surface area (Å²) in [7, 11) is 0. The van der Waals surface area contributed by atoms with Crippen molar-refractivity contribution in [2.45, 2.75) is 6.92 Å². The second-order valence-electron chi connectivity index (χ2n) is 3.82. The molecule has 0 unspecified atom stereocenters. The molecule has 0 aliphatic rings. The SMILES string of the molecule is Cc1cc(F)c(-c2cccc(C=O)c2)cc1F. The summed E-state index contributed by atoms with van der Waals surface area (Å²) in [5.74, 6) is -0.954. The van der Waals surface area contributed by atoms with E-state index in [-0.39, 0.29) is 11.1 Å². The predicted molar refractivity (Wildman–Crippen MR) is 61.9 cm³/mol. The van der Waals surface area contributed by atoms with Crippen molar-refractivity contribution < 1.29 is 13.6 Å². The molecular weight excluding hydrogens is 222 g/mol. The van der Waals surface area contributed by atoms with Crippen LogP contribution in [0, 0.1) is 18.6 Å². The third kappa shape index (κ3) is 2.23. The first-order valence-electron chi connectivity index (χ1n) is 5.13. The number of benzene rings is 2. The molecule has 0 aliphatic heterocycles. The number of halogens is 2. The molecule has 17 heavy (non-hydrogen) atoms. The quantitative estimate of drug-likeness (QED) is 0.720. The van der Waals surface area contributed by atoms with Gasteiger partial charge in [-0.3, -0.25) is 4.79 Å². The maximum Gasteiger partial charge on any atom is 0.150 e. The summed E-state index contributed by atoms with van der Waals surface area (Å²) >= 11 is 0. The molecular formula is C14H10F2O. The maximum absolute atomic E-state index is 13.7. The Morgan fingerprint density at radius 1 is 1.06 bits per heavy atom. The van der Waals surface area contributed by atoms with Crippen molar-refractivity contribution in [1.29, 1.82) is 0 Å². The van der Waals surface area contributed by atoms with E-state index < -0.39 is 11.6 Å². The molecule has 0 saturated heterocycles. The minimum atomic E-state index is -0.494. The van der Waals surface area contributed by atoms with Crippen LogP contribution in [0.3, 0.4) is 0 Å². The molecule has 0 amide bonds. The Kier molecular flexibility index (Phi) is 3.00. The van der Waals surface area contributed by atoms with Gasteiger partial charge in [-0.05, 0) is 36.2 Å². The average Bonchev–Trinajstić information content (AvgIpc) is 2.34. The van der Waals surface area contributed by atoms with E-state index >= 15 is 0 Å². The molecule has 0 atom stereocenters. The minimum Gasteiger partial charge on any atom is -0.298 e. The average molecular weight is 232 g/mol. The first-order valence-corrected chi connectivity index (χ1v) is 5.13. The standard InChI is InChI=1S/C14H10F2O/c1-9-5-14(16)12(7-13(9)15)11-4-2-3-10(6-11)8-17/h2-8H,1H3. The van der Waals surface area contributed by atoms with Crippen LogP contribution in [0.1, 0.15) is 15.9 Å². The van der Waals surface area contributed by atoms with Crippen LogP contribution in [0.25, 0.3) is 11.1 Å². The molecule has 0 spiro atoms. The number of carbonyl (C=O) groups is 1. The Balaban J connectivity index is 2.59. The molecule has 0 radical (unpaired) electrons. The van der Waals surface area contributed by atoms with Gasteiger partial charge in [-0.25, -0.2) is 8.78 Å². The number of hydrogen-bond acceptors (Lipinski definition) is 1. The molecule has 0 N–H and O–H groups in total. The Morgan fingerprint density at radius 2 is 1.82 bits per heavy atom. The lowest BCUT2D eigenvalue weighted by molar-refractivity contribution is 0.112. The number of aldehydes is 1. The molecule has 0 saturated carbocycles. The summed E-state index contributed by atoms with van der Waals surface area (Å²) in [5.41, 5.74) is 1.35. The molecule has 2 rings (SSSR count). The van der Waals surface area contributed by atoms with Crippen LogP contribution in [0.15, 0.2) is 36.4 Å². The smallest absolute Gasteiger partial charge is 0.150 e. The van der Waals surface area contributed by atoms with E-state index in [2.05, 4.69) is 0 Å². The number of aryl methyl sites for hydroxylation is 1. The molecule has 3 heteroatoms. The van der Waals surface area contributed by atoms with Crippen molar-refractivity contribution in [3.63, 3.8) is 0 Å². The summed E-state index contributed by atoms with van der Waals surface area (Å²) < 4.78 is 27.1. The fourth-order valence-electron chi connectivity index (χ4n) is 1.65. The van der Waals surface area contributed by atoms with Crippen LogP contribution in [0.4, 0.5) is 8.78 Å². The fraction of sp³-hybridized carbons (Fsp3) is 0.0714. The Hall–Kier alpha value is -2.03. The van der Waals surface area contributed by atoms with Crippen LogP contribution in [0.5, 0.6) is 0 Å². The van der Waals surface area contributed by atoms with Gasteiger partial charge in [0.05, 0.1) is 0 Å². The van der Waals surface area contributed by atoms with Crippen LogP contribution in [0.2, 0.25) is 0 Å². The third-order valence-electron chi connectivity index (χ3n) is 2.58. The first-order chi connectivity index (χ1) is 8.11. The monoisotopic (exact) mass is 232 g/mol. The van der Waals surface area contributed by atoms with Crippen LogP contribution in [-0.4, -0.2) is 6.29 Å². The molecule has 86 valence electrons. The summed E-state index contributed by atoms with van der Waals surface area (Å²) in [5, 5.41) is 0. The van der Waals surface area contributed by atoms with Gasteiger partial charge < -0.3 is 0 Å². The van der Waals surface area contributed by atoms with Crippen LogP contribution >= 0.6 is 0 Å². The van der Waals surface area contributed by atoms with Gasteiger partial charge in [0.15, 0.2) is 0 Å². The van der Waals surface area contributed by atoms with Gasteiger partial charge >= 0.3 is 0 Å². The summed E-state index contributed by atoms with van der Waals surface area (Å²) in [6, 6.07) is 8.71. The normalized spacial score (nSPS) is 10.3. The van der Waals surface area contributed by atoms with Crippen molar-refractivity contribution in [1.82, 2.24) is 0 Å². The zero-order valence-electron chi connectivity index (χ0n) is 9.21.